The van der Waals surface area contributed by atoms with E-state index in [0.717, 1.165) is 38.9 Å². The van der Waals surface area contributed by atoms with E-state index < -0.39 is 11.5 Å². The number of hydrogen-bond donors (Lipinski definition) is 3. The molecule has 2 rings (SSSR count). The lowest BCUT2D eigenvalue weighted by Crippen LogP contribution is -2.39. The van der Waals surface area contributed by atoms with Crippen molar-refractivity contribution in [2.75, 3.05) is 31.9 Å². The van der Waals surface area contributed by atoms with Gasteiger partial charge in [-0.25, -0.2) is 0 Å². The minimum absolute atomic E-state index is 0.00106. The molecule has 0 radical (unpaired) electrons. The lowest BCUT2D eigenvalue weighted by atomic mass is 9.96. The Labute approximate surface area is 153 Å². The smallest absolute Gasteiger partial charge is 0.262 e. The normalized spacial score (nSPS) is 15.9. The van der Waals surface area contributed by atoms with Gasteiger partial charge in [0, 0.05) is 6.54 Å². The number of aromatic amines is 1. The summed E-state index contributed by atoms with van der Waals surface area (Å²) in [6, 6.07) is 1.32. The van der Waals surface area contributed by atoms with Gasteiger partial charge in [-0.05, 0) is 63.7 Å². The van der Waals surface area contributed by atoms with Crippen molar-refractivity contribution < 1.29 is 4.79 Å². The Morgan fingerprint density at radius 1 is 1.44 bits per heavy atom. The van der Waals surface area contributed by atoms with Gasteiger partial charge >= 0.3 is 0 Å². The molecule has 4 N–H and O–H groups in total. The van der Waals surface area contributed by atoms with Gasteiger partial charge < -0.3 is 20.9 Å². The summed E-state index contributed by atoms with van der Waals surface area (Å²) in [5, 5.41) is 3.02. The Kier molecular flexibility index (Phi) is 7.52. The molecule has 0 aromatic carbocycles. The van der Waals surface area contributed by atoms with Crippen LogP contribution in [0.3, 0.4) is 0 Å². The number of pyridine rings is 1. The number of likely N-dealkylation sites (tertiary alicyclic amines) is 1. The van der Waals surface area contributed by atoms with Crippen LogP contribution in [0.5, 0.6) is 0 Å². The molecule has 7 heteroatoms. The molecule has 0 bridgehead atoms. The second-order valence-electron chi connectivity index (χ2n) is 6.55. The quantitative estimate of drug-likeness (QED) is 0.486. The number of H-pyrrole nitrogens is 1. The third kappa shape index (κ3) is 5.90. The molecule has 1 fully saturated rings. The molecule has 1 aliphatic rings. The average Bonchev–Trinajstić information content (AvgIpc) is 2.61. The van der Waals surface area contributed by atoms with Crippen LogP contribution >= 0.6 is 11.6 Å². The maximum Gasteiger partial charge on any atom is 0.262 e. The van der Waals surface area contributed by atoms with E-state index in [1.807, 2.05) is 6.08 Å². The summed E-state index contributed by atoms with van der Waals surface area (Å²) in [7, 11) is 0. The maximum atomic E-state index is 12.2. The second kappa shape index (κ2) is 9.63. The van der Waals surface area contributed by atoms with E-state index in [1.54, 1.807) is 0 Å². The highest BCUT2D eigenvalue weighted by atomic mass is 35.5. The Morgan fingerprint density at radius 2 is 2.16 bits per heavy atom. The Balaban J connectivity index is 1.74. The van der Waals surface area contributed by atoms with Gasteiger partial charge in [-0.2, -0.15) is 0 Å². The molecular weight excluding hydrogens is 340 g/mol. The molecule has 1 saturated heterocycles. The molecule has 1 amide bonds. The monoisotopic (exact) mass is 366 g/mol. The van der Waals surface area contributed by atoms with E-state index in [0.29, 0.717) is 12.5 Å². The first-order valence-electron chi connectivity index (χ1n) is 8.81. The predicted octanol–water partition coefficient (Wildman–Crippen LogP) is 2.41. The molecule has 6 nitrogen and oxygen atoms in total. The fourth-order valence-electron chi connectivity index (χ4n) is 3.06. The van der Waals surface area contributed by atoms with Crippen LogP contribution in [0.2, 0.25) is 5.02 Å². The molecular formula is C18H27ClN4O2. The Bertz CT molecular complexity index is 651. The summed E-state index contributed by atoms with van der Waals surface area (Å²) in [6.07, 6.45) is 7.55. The number of anilines is 1. The van der Waals surface area contributed by atoms with Crippen molar-refractivity contribution in [3.63, 3.8) is 0 Å². The molecule has 0 atom stereocenters. The summed E-state index contributed by atoms with van der Waals surface area (Å²) in [5.41, 5.74) is 5.00. The van der Waals surface area contributed by atoms with Crippen molar-refractivity contribution in [3.05, 3.63) is 39.7 Å². The number of aromatic nitrogens is 1. The fraction of sp³-hybridized carbons (Fsp3) is 0.556. The highest BCUT2D eigenvalue weighted by molar-refractivity contribution is 6.33. The van der Waals surface area contributed by atoms with Crippen molar-refractivity contribution in [1.82, 2.24) is 15.2 Å². The number of amides is 1. The molecule has 0 spiro atoms. The van der Waals surface area contributed by atoms with Crippen molar-refractivity contribution in [1.29, 1.82) is 0 Å². The summed E-state index contributed by atoms with van der Waals surface area (Å²) in [6.45, 7) is 7.56. The van der Waals surface area contributed by atoms with Crippen molar-refractivity contribution >= 4 is 23.3 Å². The van der Waals surface area contributed by atoms with Gasteiger partial charge in [-0.1, -0.05) is 17.7 Å². The summed E-state index contributed by atoms with van der Waals surface area (Å²) < 4.78 is 0. The van der Waals surface area contributed by atoms with E-state index in [1.165, 1.54) is 18.9 Å². The van der Waals surface area contributed by atoms with E-state index in [-0.39, 0.29) is 16.4 Å². The van der Waals surface area contributed by atoms with Crippen LogP contribution in [-0.4, -0.2) is 42.0 Å². The van der Waals surface area contributed by atoms with Gasteiger partial charge in [0.25, 0.3) is 11.5 Å². The fourth-order valence-corrected chi connectivity index (χ4v) is 3.21. The van der Waals surface area contributed by atoms with Crippen molar-refractivity contribution in [2.45, 2.75) is 32.1 Å². The van der Waals surface area contributed by atoms with Crippen molar-refractivity contribution in [3.8, 4) is 0 Å². The number of hydrogen-bond acceptors (Lipinski definition) is 4. The highest BCUT2D eigenvalue weighted by Gasteiger charge is 2.20. The summed E-state index contributed by atoms with van der Waals surface area (Å²) >= 11 is 5.87. The molecule has 138 valence electrons. The van der Waals surface area contributed by atoms with Crippen LogP contribution in [0.15, 0.2) is 23.5 Å². The number of carbonyl (C=O) groups is 1. The molecule has 1 aromatic heterocycles. The third-order valence-electron chi connectivity index (χ3n) is 4.66. The molecule has 0 unspecified atom stereocenters. The number of halogens is 1. The van der Waals surface area contributed by atoms with Crippen LogP contribution < -0.4 is 16.6 Å². The zero-order chi connectivity index (χ0) is 18.2. The number of nitrogens with two attached hydrogens (primary N) is 1. The third-order valence-corrected chi connectivity index (χ3v) is 4.97. The SMILES string of the molecule is C=CCCCCN1CCC(CNC(=O)c2cc(Cl)c(N)[nH]c2=O)CC1. The summed E-state index contributed by atoms with van der Waals surface area (Å²) in [5.74, 6) is 0.107. The summed E-state index contributed by atoms with van der Waals surface area (Å²) in [4.78, 5) is 28.9. The number of nitrogen functional groups attached to an aromatic ring is 1. The largest absolute Gasteiger partial charge is 0.384 e. The number of piperidine rings is 1. The van der Waals surface area contributed by atoms with E-state index in [4.69, 9.17) is 17.3 Å². The molecule has 2 heterocycles. The van der Waals surface area contributed by atoms with Gasteiger partial charge in [0.1, 0.15) is 11.4 Å². The topological polar surface area (TPSA) is 91.2 Å². The molecule has 0 saturated carbocycles. The van der Waals surface area contributed by atoms with Gasteiger partial charge in [0.2, 0.25) is 0 Å². The minimum Gasteiger partial charge on any atom is -0.384 e. The first-order chi connectivity index (χ1) is 12.0. The number of nitrogens with one attached hydrogen (secondary N) is 2. The molecule has 1 aromatic rings. The van der Waals surface area contributed by atoms with Gasteiger partial charge in [0.15, 0.2) is 0 Å². The highest BCUT2D eigenvalue weighted by Crippen LogP contribution is 2.18. The van der Waals surface area contributed by atoms with Crippen LogP contribution in [0.25, 0.3) is 0 Å². The van der Waals surface area contributed by atoms with Crippen LogP contribution in [-0.2, 0) is 0 Å². The second-order valence-corrected chi connectivity index (χ2v) is 6.96. The number of carbonyl (C=O) groups excluding carboxylic acids is 1. The minimum atomic E-state index is -0.520. The van der Waals surface area contributed by atoms with E-state index >= 15 is 0 Å². The lowest BCUT2D eigenvalue weighted by molar-refractivity contribution is 0.0934. The number of unbranched alkanes of at least 4 members (excludes halogenated alkanes) is 2. The zero-order valence-electron chi connectivity index (χ0n) is 14.5. The standard InChI is InChI=1S/C18H27ClN4O2/c1-2-3-4-5-8-23-9-6-13(7-10-23)12-21-17(24)14-11-15(19)16(20)22-18(14)25/h2,11,13H,1,3-10,12H2,(H,21,24)(H3,20,22,25). The Morgan fingerprint density at radius 3 is 2.84 bits per heavy atom. The number of rotatable bonds is 8. The van der Waals surface area contributed by atoms with Crippen molar-refractivity contribution in [2.24, 2.45) is 5.92 Å². The number of allylic oxidation sites excluding steroid dienone is 1. The van der Waals surface area contributed by atoms with Crippen LogP contribution in [0.4, 0.5) is 5.82 Å². The first kappa shape index (κ1) is 19.5. The van der Waals surface area contributed by atoms with Gasteiger partial charge in [-0.3, -0.25) is 9.59 Å². The van der Waals surface area contributed by atoms with Crippen LogP contribution in [0.1, 0.15) is 42.5 Å². The predicted molar refractivity (Wildman–Crippen MR) is 102 cm³/mol. The zero-order valence-corrected chi connectivity index (χ0v) is 15.3. The molecule has 25 heavy (non-hydrogen) atoms. The Hall–Kier alpha value is -1.79. The molecule has 1 aliphatic heterocycles. The maximum absolute atomic E-state index is 12.2. The van der Waals surface area contributed by atoms with Gasteiger partial charge in [0.05, 0.1) is 5.02 Å². The number of nitrogens with zero attached hydrogens (tertiary/aromatic N) is 1. The first-order valence-corrected chi connectivity index (χ1v) is 9.18. The lowest BCUT2D eigenvalue weighted by Gasteiger charge is -2.32. The van der Waals surface area contributed by atoms with E-state index in [2.05, 4.69) is 21.8 Å². The molecule has 0 aliphatic carbocycles. The van der Waals surface area contributed by atoms with E-state index in [9.17, 15) is 9.59 Å². The average molecular weight is 367 g/mol. The van der Waals surface area contributed by atoms with Crippen LogP contribution in [0, 0.1) is 5.92 Å². The van der Waals surface area contributed by atoms with Gasteiger partial charge in [-0.15, -0.1) is 6.58 Å².